The number of rotatable bonds is 3. The van der Waals surface area contributed by atoms with Gasteiger partial charge in [-0.2, -0.15) is 4.98 Å². The number of aromatic nitrogens is 3. The van der Waals surface area contributed by atoms with Crippen LogP contribution < -0.4 is 5.73 Å². The largest absolute Gasteiger partial charge is 0.385 e. The van der Waals surface area contributed by atoms with Crippen LogP contribution in [-0.2, 0) is 0 Å². The number of nitrogen functional groups attached to an aromatic ring is 1. The Labute approximate surface area is 116 Å². The quantitative estimate of drug-likeness (QED) is 0.765. The van der Waals surface area contributed by atoms with Crippen molar-refractivity contribution in [2.45, 2.75) is 25.7 Å². The Morgan fingerprint density at radius 2 is 2.15 bits per heavy atom. The van der Waals surface area contributed by atoms with Crippen molar-refractivity contribution < 1.29 is 4.52 Å². The molecule has 1 fully saturated rings. The number of nitrogens with zero attached hydrogens (tertiary/aromatic N) is 2. The number of fused-ring (bicyclic) bond motifs is 1. The number of benzene rings is 1. The molecule has 0 radical (unpaired) electrons. The fourth-order valence-corrected chi connectivity index (χ4v) is 2.97. The van der Waals surface area contributed by atoms with Crippen molar-refractivity contribution in [2.24, 2.45) is 5.92 Å². The van der Waals surface area contributed by atoms with Gasteiger partial charge < -0.3 is 15.2 Å². The van der Waals surface area contributed by atoms with Gasteiger partial charge in [0, 0.05) is 23.4 Å². The number of nitrogens with one attached hydrogen (secondary N) is 1. The summed E-state index contributed by atoms with van der Waals surface area (Å²) < 4.78 is 5.16. The van der Waals surface area contributed by atoms with Gasteiger partial charge in [0.2, 0.25) is 5.89 Å². The SMILES string of the molecule is Cc1nc(C(c2c(N)[nH]c3ccccc23)C2CC2)no1. The van der Waals surface area contributed by atoms with E-state index in [1.54, 1.807) is 0 Å². The normalized spacial score (nSPS) is 16.6. The summed E-state index contributed by atoms with van der Waals surface area (Å²) >= 11 is 0. The number of aromatic amines is 1. The lowest BCUT2D eigenvalue weighted by Gasteiger charge is -2.12. The Hall–Kier alpha value is -2.30. The molecule has 0 bridgehead atoms. The number of anilines is 1. The fourth-order valence-electron chi connectivity index (χ4n) is 2.97. The van der Waals surface area contributed by atoms with Gasteiger partial charge in [-0.1, -0.05) is 23.4 Å². The molecule has 5 heteroatoms. The molecule has 102 valence electrons. The van der Waals surface area contributed by atoms with Crippen molar-refractivity contribution in [3.05, 3.63) is 41.5 Å². The maximum absolute atomic E-state index is 6.22. The molecule has 20 heavy (non-hydrogen) atoms. The predicted molar refractivity (Wildman–Crippen MR) is 76.3 cm³/mol. The highest BCUT2D eigenvalue weighted by molar-refractivity contribution is 5.89. The van der Waals surface area contributed by atoms with Crippen molar-refractivity contribution in [1.29, 1.82) is 0 Å². The summed E-state index contributed by atoms with van der Waals surface area (Å²) in [5, 5.41) is 5.28. The molecule has 2 heterocycles. The zero-order valence-electron chi connectivity index (χ0n) is 11.3. The van der Waals surface area contributed by atoms with Gasteiger partial charge >= 0.3 is 0 Å². The summed E-state index contributed by atoms with van der Waals surface area (Å²) in [6, 6.07) is 8.18. The molecule has 1 atom stereocenters. The van der Waals surface area contributed by atoms with Crippen molar-refractivity contribution in [3.63, 3.8) is 0 Å². The van der Waals surface area contributed by atoms with Gasteiger partial charge in [0.15, 0.2) is 5.82 Å². The number of H-pyrrole nitrogens is 1. The van der Waals surface area contributed by atoms with E-state index in [9.17, 15) is 0 Å². The second-order valence-electron chi connectivity index (χ2n) is 5.48. The standard InChI is InChI=1S/C15H16N4O/c1-8-17-15(19-20-8)12(9-6-7-9)13-10-4-2-3-5-11(10)18-14(13)16/h2-5,9,12,18H,6-7,16H2,1H3. The monoisotopic (exact) mass is 268 g/mol. The Morgan fingerprint density at radius 1 is 1.35 bits per heavy atom. The van der Waals surface area contributed by atoms with Crippen LogP contribution in [-0.4, -0.2) is 15.1 Å². The van der Waals surface area contributed by atoms with Gasteiger partial charge in [-0.25, -0.2) is 0 Å². The van der Waals surface area contributed by atoms with Gasteiger partial charge in [-0.15, -0.1) is 0 Å². The zero-order valence-corrected chi connectivity index (χ0v) is 11.3. The predicted octanol–water partition coefficient (Wildman–Crippen LogP) is 2.98. The van der Waals surface area contributed by atoms with Crippen molar-refractivity contribution in [2.75, 3.05) is 5.73 Å². The Balaban J connectivity index is 1.92. The van der Waals surface area contributed by atoms with E-state index in [1.165, 1.54) is 12.8 Å². The molecule has 1 saturated carbocycles. The summed E-state index contributed by atoms with van der Waals surface area (Å²) in [6.45, 7) is 1.82. The van der Waals surface area contributed by atoms with Crippen LogP contribution in [0.2, 0.25) is 0 Å². The molecule has 0 aliphatic heterocycles. The van der Waals surface area contributed by atoms with Gasteiger partial charge in [0.05, 0.1) is 5.92 Å². The third kappa shape index (κ3) is 1.70. The molecule has 1 unspecified atom stereocenters. The number of para-hydroxylation sites is 1. The van der Waals surface area contributed by atoms with Crippen molar-refractivity contribution in [1.82, 2.24) is 15.1 Å². The summed E-state index contributed by atoms with van der Waals surface area (Å²) in [5.41, 5.74) is 8.40. The van der Waals surface area contributed by atoms with Crippen LogP contribution in [0.1, 0.15) is 36.0 Å². The lowest BCUT2D eigenvalue weighted by Crippen LogP contribution is -2.08. The summed E-state index contributed by atoms with van der Waals surface area (Å²) in [7, 11) is 0. The highest BCUT2D eigenvalue weighted by Gasteiger charge is 2.39. The molecule has 1 aliphatic carbocycles. The fraction of sp³-hybridized carbons (Fsp3) is 0.333. The lowest BCUT2D eigenvalue weighted by molar-refractivity contribution is 0.383. The third-order valence-corrected chi connectivity index (χ3v) is 4.00. The first-order valence-electron chi connectivity index (χ1n) is 6.90. The van der Waals surface area contributed by atoms with E-state index < -0.39 is 0 Å². The molecule has 3 N–H and O–H groups in total. The molecule has 4 rings (SSSR count). The first-order valence-corrected chi connectivity index (χ1v) is 6.90. The Bertz CT molecular complexity index is 769. The minimum absolute atomic E-state index is 0.128. The van der Waals surface area contributed by atoms with Crippen LogP contribution in [0.5, 0.6) is 0 Å². The molecule has 1 aliphatic rings. The van der Waals surface area contributed by atoms with E-state index in [-0.39, 0.29) is 5.92 Å². The van der Waals surface area contributed by atoms with Gasteiger partial charge in [-0.05, 0) is 24.8 Å². The molecule has 2 aromatic heterocycles. The van der Waals surface area contributed by atoms with Crippen LogP contribution in [0.4, 0.5) is 5.82 Å². The smallest absolute Gasteiger partial charge is 0.223 e. The van der Waals surface area contributed by atoms with E-state index >= 15 is 0 Å². The number of nitrogens with two attached hydrogens (primary N) is 1. The highest BCUT2D eigenvalue weighted by atomic mass is 16.5. The van der Waals surface area contributed by atoms with E-state index in [4.69, 9.17) is 10.3 Å². The minimum Gasteiger partial charge on any atom is -0.385 e. The summed E-state index contributed by atoms with van der Waals surface area (Å²) in [4.78, 5) is 7.69. The van der Waals surface area contributed by atoms with Crippen LogP contribution in [0.3, 0.4) is 0 Å². The average Bonchev–Trinajstić information content (AvgIpc) is 3.10. The van der Waals surface area contributed by atoms with Gasteiger partial charge in [-0.3, -0.25) is 0 Å². The average molecular weight is 268 g/mol. The molecule has 3 aromatic rings. The highest BCUT2D eigenvalue weighted by Crippen LogP contribution is 2.48. The van der Waals surface area contributed by atoms with E-state index in [0.717, 1.165) is 22.3 Å². The molecular weight excluding hydrogens is 252 g/mol. The van der Waals surface area contributed by atoms with Gasteiger partial charge in [0.1, 0.15) is 5.82 Å². The first-order chi connectivity index (χ1) is 9.74. The molecular formula is C15H16N4O. The maximum Gasteiger partial charge on any atom is 0.223 e. The Kier molecular flexibility index (Phi) is 2.36. The second-order valence-corrected chi connectivity index (χ2v) is 5.48. The lowest BCUT2D eigenvalue weighted by atomic mass is 9.92. The molecule has 0 amide bonds. The number of aryl methyl sites for hydroxylation is 1. The number of hydrogen-bond acceptors (Lipinski definition) is 4. The van der Waals surface area contributed by atoms with Crippen LogP contribution in [0, 0.1) is 12.8 Å². The first kappa shape index (κ1) is 11.5. The zero-order chi connectivity index (χ0) is 13.7. The molecule has 5 nitrogen and oxygen atoms in total. The Morgan fingerprint density at radius 3 is 2.85 bits per heavy atom. The van der Waals surface area contributed by atoms with Crippen LogP contribution in [0.15, 0.2) is 28.8 Å². The van der Waals surface area contributed by atoms with E-state index in [0.29, 0.717) is 17.6 Å². The van der Waals surface area contributed by atoms with Crippen LogP contribution >= 0.6 is 0 Å². The van der Waals surface area contributed by atoms with E-state index in [1.807, 2.05) is 25.1 Å². The summed E-state index contributed by atoms with van der Waals surface area (Å²) in [6.07, 6.45) is 2.38. The molecule has 1 aromatic carbocycles. The van der Waals surface area contributed by atoms with E-state index in [2.05, 4.69) is 21.2 Å². The van der Waals surface area contributed by atoms with Crippen molar-refractivity contribution in [3.8, 4) is 0 Å². The van der Waals surface area contributed by atoms with Gasteiger partial charge in [0.25, 0.3) is 0 Å². The topological polar surface area (TPSA) is 80.7 Å². The minimum atomic E-state index is 0.128. The van der Waals surface area contributed by atoms with Crippen molar-refractivity contribution >= 4 is 16.7 Å². The maximum atomic E-state index is 6.22. The second kappa shape index (κ2) is 4.10. The van der Waals surface area contributed by atoms with Crippen LogP contribution in [0.25, 0.3) is 10.9 Å². The summed E-state index contributed by atoms with van der Waals surface area (Å²) in [5.74, 6) is 2.76. The molecule has 0 saturated heterocycles. The number of hydrogen-bond donors (Lipinski definition) is 2. The molecule has 0 spiro atoms. The third-order valence-electron chi connectivity index (χ3n) is 4.00.